The first-order valence-electron chi connectivity index (χ1n) is 8.64. The molecular formula is C19H22BrF4NO5. The van der Waals surface area contributed by atoms with Crippen molar-refractivity contribution in [2.45, 2.75) is 58.9 Å². The highest BCUT2D eigenvalue weighted by Gasteiger charge is 2.44. The van der Waals surface area contributed by atoms with E-state index in [1.54, 1.807) is 0 Å². The van der Waals surface area contributed by atoms with Crippen molar-refractivity contribution in [2.24, 2.45) is 0 Å². The van der Waals surface area contributed by atoms with Gasteiger partial charge in [-0.2, -0.15) is 18.1 Å². The molecular weight excluding hydrogens is 478 g/mol. The van der Waals surface area contributed by atoms with Gasteiger partial charge in [0.2, 0.25) is 0 Å². The molecule has 0 radical (unpaired) electrons. The molecule has 0 aliphatic heterocycles. The molecule has 1 aromatic rings. The minimum absolute atomic E-state index is 0.0369. The SMILES string of the molecule is CC(C)(C)OC(=O)N(C(=O)OC(C)(C)C)c1ccc(C(=O)CBr)c(F)c1C(F)(F)F. The van der Waals surface area contributed by atoms with Crippen LogP contribution in [-0.2, 0) is 15.7 Å². The average Bonchev–Trinajstić information content (AvgIpc) is 2.49. The van der Waals surface area contributed by atoms with Gasteiger partial charge in [0.15, 0.2) is 5.78 Å². The highest BCUT2D eigenvalue weighted by molar-refractivity contribution is 9.09. The number of hydrogen-bond donors (Lipinski definition) is 0. The standard InChI is InChI=1S/C19H22BrF4NO5/c1-17(2,3)29-15(27)25(16(28)30-18(4,5)6)11-8-7-10(12(26)9-20)14(21)13(11)19(22,23)24/h7-8H,9H2,1-6H3. The number of ether oxygens (including phenoxy) is 2. The van der Waals surface area contributed by atoms with Crippen molar-refractivity contribution in [3.63, 3.8) is 0 Å². The van der Waals surface area contributed by atoms with Crippen LogP contribution in [0.1, 0.15) is 57.5 Å². The zero-order valence-corrected chi connectivity index (χ0v) is 18.8. The number of Topliss-reactive ketones (excluding diaryl/α,β-unsaturated/α-hetero) is 1. The van der Waals surface area contributed by atoms with Crippen LogP contribution in [0.4, 0.5) is 32.8 Å². The van der Waals surface area contributed by atoms with Crippen LogP contribution in [0.15, 0.2) is 12.1 Å². The summed E-state index contributed by atoms with van der Waals surface area (Å²) in [5.74, 6) is -2.87. The molecule has 2 amide bonds. The molecule has 168 valence electrons. The molecule has 0 unspecified atom stereocenters. The molecule has 0 heterocycles. The van der Waals surface area contributed by atoms with E-state index in [-0.39, 0.29) is 4.90 Å². The number of anilines is 1. The van der Waals surface area contributed by atoms with Crippen LogP contribution >= 0.6 is 15.9 Å². The fourth-order valence-electron chi connectivity index (χ4n) is 2.20. The second-order valence-corrected chi connectivity index (χ2v) is 8.73. The van der Waals surface area contributed by atoms with Crippen molar-refractivity contribution in [2.75, 3.05) is 10.2 Å². The summed E-state index contributed by atoms with van der Waals surface area (Å²) in [5.41, 5.74) is -6.34. The third-order valence-corrected chi connectivity index (χ3v) is 3.73. The lowest BCUT2D eigenvalue weighted by atomic mass is 10.0. The molecule has 1 aromatic carbocycles. The Labute approximate surface area is 179 Å². The van der Waals surface area contributed by atoms with E-state index < -0.39 is 63.3 Å². The van der Waals surface area contributed by atoms with Gasteiger partial charge in [-0.25, -0.2) is 14.0 Å². The maximum absolute atomic E-state index is 14.7. The van der Waals surface area contributed by atoms with Crippen LogP contribution in [0.5, 0.6) is 0 Å². The lowest BCUT2D eigenvalue weighted by Crippen LogP contribution is -2.44. The summed E-state index contributed by atoms with van der Waals surface area (Å²) in [6, 6.07) is 1.40. The number of rotatable bonds is 3. The Morgan fingerprint density at radius 3 is 1.70 bits per heavy atom. The maximum Gasteiger partial charge on any atom is 0.424 e. The van der Waals surface area contributed by atoms with Gasteiger partial charge in [-0.1, -0.05) is 15.9 Å². The molecule has 11 heteroatoms. The normalized spacial score (nSPS) is 12.4. The third kappa shape index (κ3) is 6.68. The molecule has 0 aliphatic rings. The fraction of sp³-hybridized carbons (Fsp3) is 0.526. The zero-order chi connectivity index (χ0) is 23.7. The van der Waals surface area contributed by atoms with Crippen LogP contribution < -0.4 is 4.90 Å². The summed E-state index contributed by atoms with van der Waals surface area (Å²) in [4.78, 5) is 36.9. The number of halogens is 5. The van der Waals surface area contributed by atoms with Crippen molar-refractivity contribution >= 4 is 39.6 Å². The molecule has 1 rings (SSSR count). The van der Waals surface area contributed by atoms with Gasteiger partial charge in [-0.3, -0.25) is 4.79 Å². The number of carbonyl (C=O) groups is 3. The summed E-state index contributed by atoms with van der Waals surface area (Å²) in [6.45, 7) is 8.59. The van der Waals surface area contributed by atoms with Gasteiger partial charge in [0.25, 0.3) is 0 Å². The second-order valence-electron chi connectivity index (χ2n) is 8.17. The Morgan fingerprint density at radius 1 is 0.933 bits per heavy atom. The van der Waals surface area contributed by atoms with E-state index >= 15 is 0 Å². The summed E-state index contributed by atoms with van der Waals surface area (Å²) in [7, 11) is 0. The highest BCUT2D eigenvalue weighted by Crippen LogP contribution is 2.40. The molecule has 0 atom stereocenters. The van der Waals surface area contributed by atoms with Crippen molar-refractivity contribution in [3.8, 4) is 0 Å². The molecule has 0 saturated heterocycles. The van der Waals surface area contributed by atoms with Crippen molar-refractivity contribution in [3.05, 3.63) is 29.1 Å². The van der Waals surface area contributed by atoms with Gasteiger partial charge in [0.1, 0.15) is 22.6 Å². The Morgan fingerprint density at radius 2 is 1.37 bits per heavy atom. The molecule has 0 aliphatic carbocycles. The Hall–Kier alpha value is -2.17. The molecule has 0 bridgehead atoms. The highest BCUT2D eigenvalue weighted by atomic mass is 79.9. The molecule has 0 spiro atoms. The molecule has 0 aromatic heterocycles. The lowest BCUT2D eigenvalue weighted by molar-refractivity contribution is -0.139. The summed E-state index contributed by atoms with van der Waals surface area (Å²) in [6.07, 6.45) is -8.34. The van der Waals surface area contributed by atoms with Crippen LogP contribution in [0.3, 0.4) is 0 Å². The predicted molar refractivity (Wildman–Crippen MR) is 104 cm³/mol. The molecule has 6 nitrogen and oxygen atoms in total. The smallest absolute Gasteiger partial charge is 0.424 e. The van der Waals surface area contributed by atoms with Crippen molar-refractivity contribution < 1.29 is 41.4 Å². The minimum atomic E-state index is -5.34. The minimum Gasteiger partial charge on any atom is -0.443 e. The summed E-state index contributed by atoms with van der Waals surface area (Å²) >= 11 is 2.76. The van der Waals surface area contributed by atoms with Crippen molar-refractivity contribution in [1.29, 1.82) is 0 Å². The first-order valence-corrected chi connectivity index (χ1v) is 9.76. The van der Waals surface area contributed by atoms with E-state index in [4.69, 9.17) is 9.47 Å². The number of carbonyl (C=O) groups excluding carboxylic acids is 3. The van der Waals surface area contributed by atoms with Crippen LogP contribution in [0.25, 0.3) is 0 Å². The van der Waals surface area contributed by atoms with Gasteiger partial charge in [-0.15, -0.1) is 0 Å². The molecule has 30 heavy (non-hydrogen) atoms. The van der Waals surface area contributed by atoms with Gasteiger partial charge < -0.3 is 9.47 Å². The average molecular weight is 500 g/mol. The van der Waals surface area contributed by atoms with Gasteiger partial charge >= 0.3 is 18.4 Å². The van der Waals surface area contributed by atoms with E-state index in [0.717, 1.165) is 6.07 Å². The monoisotopic (exact) mass is 499 g/mol. The zero-order valence-electron chi connectivity index (χ0n) is 17.2. The number of benzene rings is 1. The molecule has 0 saturated carbocycles. The Kier molecular flexibility index (Phi) is 7.68. The number of imide groups is 1. The number of nitrogens with zero attached hydrogens (tertiary/aromatic N) is 1. The Balaban J connectivity index is 3.78. The maximum atomic E-state index is 14.7. The second kappa shape index (κ2) is 8.91. The first kappa shape index (κ1) is 25.9. The van der Waals surface area contributed by atoms with E-state index in [1.165, 1.54) is 41.5 Å². The van der Waals surface area contributed by atoms with E-state index in [9.17, 15) is 31.9 Å². The quantitative estimate of drug-likeness (QED) is 0.285. The molecule has 0 fully saturated rings. The van der Waals surface area contributed by atoms with Crippen LogP contribution in [0.2, 0.25) is 0 Å². The van der Waals surface area contributed by atoms with Gasteiger partial charge in [-0.05, 0) is 53.7 Å². The first-order chi connectivity index (χ1) is 13.4. The van der Waals surface area contributed by atoms with E-state index in [2.05, 4.69) is 15.9 Å². The summed E-state index contributed by atoms with van der Waals surface area (Å²) in [5, 5.41) is -0.428. The van der Waals surface area contributed by atoms with Crippen molar-refractivity contribution in [1.82, 2.24) is 0 Å². The lowest BCUT2D eigenvalue weighted by Gasteiger charge is -2.30. The van der Waals surface area contributed by atoms with Gasteiger partial charge in [0, 0.05) is 0 Å². The largest absolute Gasteiger partial charge is 0.443 e. The van der Waals surface area contributed by atoms with Crippen LogP contribution in [0, 0.1) is 5.82 Å². The predicted octanol–water partition coefficient (Wildman–Crippen LogP) is 6.10. The summed E-state index contributed by atoms with van der Waals surface area (Å²) < 4.78 is 66.0. The number of amides is 2. The number of alkyl halides is 4. The Bertz CT molecular complexity index is 813. The number of hydrogen-bond acceptors (Lipinski definition) is 5. The van der Waals surface area contributed by atoms with Gasteiger partial charge in [0.05, 0.1) is 16.6 Å². The van der Waals surface area contributed by atoms with E-state index in [0.29, 0.717) is 6.07 Å². The third-order valence-electron chi connectivity index (χ3n) is 3.22. The topological polar surface area (TPSA) is 72.9 Å². The number of ketones is 1. The van der Waals surface area contributed by atoms with E-state index in [1.807, 2.05) is 0 Å². The molecule has 0 N–H and O–H groups in total. The van der Waals surface area contributed by atoms with Crippen LogP contribution in [-0.4, -0.2) is 34.5 Å². The fourth-order valence-corrected chi connectivity index (χ4v) is 2.50.